The number of hydrogen-bond donors (Lipinski definition) is 2. The van der Waals surface area contributed by atoms with Crippen molar-refractivity contribution in [2.75, 3.05) is 11.9 Å². The Balaban J connectivity index is 1.38. The van der Waals surface area contributed by atoms with Crippen molar-refractivity contribution >= 4 is 30.8 Å². The van der Waals surface area contributed by atoms with Crippen LogP contribution in [0.1, 0.15) is 11.1 Å². The van der Waals surface area contributed by atoms with Crippen LogP contribution in [0.5, 0.6) is 11.5 Å². The van der Waals surface area contributed by atoms with Crippen molar-refractivity contribution < 1.29 is 19.1 Å². The number of nitrogens with one attached hydrogen (secondary N) is 2. The monoisotopic (exact) mass is 490 g/mol. The molecule has 4 aromatic rings. The molecule has 184 valence electrons. The summed E-state index contributed by atoms with van der Waals surface area (Å²) in [6.07, 6.45) is 0.0963. The lowest BCUT2D eigenvalue weighted by Gasteiger charge is -2.19. The lowest BCUT2D eigenvalue weighted by atomic mass is 9.93. The molecule has 0 aromatic heterocycles. The molecule has 0 heterocycles. The number of carbonyl (C=O) groups is 2. The Bertz CT molecular complexity index is 1300. The normalized spacial score (nSPS) is 11.4. The molecule has 2 radical (unpaired) electrons. The van der Waals surface area contributed by atoms with E-state index in [4.69, 9.17) is 17.3 Å². The average molecular weight is 490 g/mol. The lowest BCUT2D eigenvalue weighted by Crippen LogP contribution is -2.47. The smallest absolute Gasteiger partial charge is 0.249 e. The summed E-state index contributed by atoms with van der Waals surface area (Å²) in [5, 5.41) is 5.64. The minimum Gasteiger partial charge on any atom is -0.457 e. The molecule has 2 N–H and O–H groups in total. The van der Waals surface area contributed by atoms with Gasteiger partial charge in [-0.25, -0.2) is 0 Å². The summed E-state index contributed by atoms with van der Waals surface area (Å²) >= 11 is 0. The van der Waals surface area contributed by atoms with Gasteiger partial charge in [-0.1, -0.05) is 78.3 Å². The first-order valence-electron chi connectivity index (χ1n) is 11.9. The summed E-state index contributed by atoms with van der Waals surface area (Å²) in [6, 6.07) is 32.3. The van der Waals surface area contributed by atoms with Crippen LogP contribution in [0.4, 0.5) is 5.69 Å². The minimum atomic E-state index is -0.891. The van der Waals surface area contributed by atoms with Gasteiger partial charge in [0, 0.05) is 5.69 Å². The lowest BCUT2D eigenvalue weighted by molar-refractivity contribution is -0.127. The second-order valence-electron chi connectivity index (χ2n) is 8.47. The van der Waals surface area contributed by atoms with Crippen LogP contribution >= 0.6 is 0 Å². The van der Waals surface area contributed by atoms with Gasteiger partial charge in [-0.2, -0.15) is 0 Å². The maximum Gasteiger partial charge on any atom is 0.249 e. The fourth-order valence-electron chi connectivity index (χ4n) is 3.65. The molecule has 7 heteroatoms. The van der Waals surface area contributed by atoms with Crippen molar-refractivity contribution in [2.24, 2.45) is 0 Å². The van der Waals surface area contributed by atoms with Crippen LogP contribution in [0.3, 0.4) is 0 Å². The number of hydrogen-bond acceptors (Lipinski definition) is 4. The molecular formula is C30H27BN2O4. The second-order valence-corrected chi connectivity index (χ2v) is 8.47. The summed E-state index contributed by atoms with van der Waals surface area (Å²) in [4.78, 5) is 25.9. The van der Waals surface area contributed by atoms with Gasteiger partial charge in [0.15, 0.2) is 0 Å². The van der Waals surface area contributed by atoms with Crippen molar-refractivity contribution in [3.63, 3.8) is 0 Å². The van der Waals surface area contributed by atoms with Crippen molar-refractivity contribution in [1.29, 1.82) is 0 Å². The number of amides is 2. The zero-order valence-corrected chi connectivity index (χ0v) is 20.3. The summed E-state index contributed by atoms with van der Waals surface area (Å²) in [7, 11) is 5.82. The summed E-state index contributed by atoms with van der Waals surface area (Å²) in [5.41, 5.74) is 2.88. The standard InChI is InChI=1S/C30H27BN2O4/c31-24-11-7-10-23(18-24)19-29(34)33-28(21-36-20-22-8-3-1-4-9-22)30(35)32-25-14-16-27(17-15-25)37-26-12-5-2-6-13-26/h1-18,28H,19-21H2,(H,32,35)(H,33,34). The molecule has 0 saturated carbocycles. The van der Waals surface area contributed by atoms with Gasteiger partial charge in [0.05, 0.1) is 19.6 Å². The van der Waals surface area contributed by atoms with E-state index in [1.807, 2.05) is 66.7 Å². The Kier molecular flexibility index (Phi) is 9.10. The molecule has 2 amide bonds. The fourth-order valence-corrected chi connectivity index (χ4v) is 3.65. The Hall–Kier alpha value is -4.36. The van der Waals surface area contributed by atoms with E-state index >= 15 is 0 Å². The maximum absolute atomic E-state index is 13.1. The van der Waals surface area contributed by atoms with E-state index in [9.17, 15) is 9.59 Å². The first-order valence-corrected chi connectivity index (χ1v) is 11.9. The van der Waals surface area contributed by atoms with E-state index < -0.39 is 6.04 Å². The molecule has 0 aliphatic carbocycles. The predicted molar refractivity (Wildman–Crippen MR) is 145 cm³/mol. The third kappa shape index (κ3) is 8.37. The molecule has 37 heavy (non-hydrogen) atoms. The first-order chi connectivity index (χ1) is 18.0. The van der Waals surface area contributed by atoms with Crippen molar-refractivity contribution in [3.8, 4) is 11.5 Å². The molecule has 1 atom stereocenters. The van der Waals surface area contributed by atoms with Gasteiger partial charge in [-0.3, -0.25) is 9.59 Å². The van der Waals surface area contributed by atoms with Crippen molar-refractivity contribution in [2.45, 2.75) is 19.1 Å². The highest BCUT2D eigenvalue weighted by Crippen LogP contribution is 2.22. The van der Waals surface area contributed by atoms with Gasteiger partial charge < -0.3 is 20.1 Å². The maximum atomic E-state index is 13.1. The number of para-hydroxylation sites is 1. The summed E-state index contributed by atoms with van der Waals surface area (Å²) in [6.45, 7) is 0.333. The number of carbonyl (C=O) groups excluding carboxylic acids is 2. The molecule has 0 fully saturated rings. The number of ether oxygens (including phenoxy) is 2. The van der Waals surface area contributed by atoms with Gasteiger partial charge in [-0.15, -0.1) is 0 Å². The van der Waals surface area contributed by atoms with Gasteiger partial charge in [-0.05, 0) is 47.5 Å². The third-order valence-electron chi connectivity index (χ3n) is 5.46. The predicted octanol–water partition coefficient (Wildman–Crippen LogP) is 4.16. The molecule has 1 unspecified atom stereocenters. The van der Waals surface area contributed by atoms with E-state index in [1.165, 1.54) is 0 Å². The van der Waals surface area contributed by atoms with E-state index in [0.717, 1.165) is 16.9 Å². The van der Waals surface area contributed by atoms with E-state index in [0.29, 0.717) is 23.5 Å². The summed E-state index contributed by atoms with van der Waals surface area (Å²) < 4.78 is 11.6. The first kappa shape index (κ1) is 25.7. The Morgan fingerprint density at radius 3 is 2.11 bits per heavy atom. The van der Waals surface area contributed by atoms with Crippen LogP contribution in [0.15, 0.2) is 109 Å². The zero-order chi connectivity index (χ0) is 25.9. The SMILES string of the molecule is [B]c1cccc(CC(=O)NC(COCc2ccccc2)C(=O)Nc2ccc(Oc3ccccc3)cc2)c1. The molecule has 0 aliphatic heterocycles. The fraction of sp³-hybridized carbons (Fsp3) is 0.133. The average Bonchev–Trinajstić information content (AvgIpc) is 2.90. The van der Waals surface area contributed by atoms with Crippen LogP contribution in [-0.2, 0) is 27.4 Å². The van der Waals surface area contributed by atoms with Crippen molar-refractivity contribution in [1.82, 2.24) is 5.32 Å². The van der Waals surface area contributed by atoms with Crippen LogP contribution < -0.4 is 20.8 Å². The van der Waals surface area contributed by atoms with Gasteiger partial charge in [0.25, 0.3) is 0 Å². The molecule has 0 bridgehead atoms. The van der Waals surface area contributed by atoms with Crippen LogP contribution in [-0.4, -0.2) is 32.3 Å². The van der Waals surface area contributed by atoms with Crippen LogP contribution in [0, 0.1) is 0 Å². The largest absolute Gasteiger partial charge is 0.457 e. The Morgan fingerprint density at radius 2 is 1.41 bits per heavy atom. The summed E-state index contributed by atoms with van der Waals surface area (Å²) in [5.74, 6) is 0.673. The van der Waals surface area contributed by atoms with Crippen molar-refractivity contribution in [3.05, 3.63) is 120 Å². The zero-order valence-electron chi connectivity index (χ0n) is 20.3. The molecule has 0 saturated heterocycles. The highest BCUT2D eigenvalue weighted by Gasteiger charge is 2.22. The molecule has 6 nitrogen and oxygen atoms in total. The topological polar surface area (TPSA) is 76.7 Å². The highest BCUT2D eigenvalue weighted by molar-refractivity contribution is 6.32. The number of anilines is 1. The number of benzene rings is 4. The van der Waals surface area contributed by atoms with E-state index in [1.54, 1.807) is 42.5 Å². The molecular weight excluding hydrogens is 463 g/mol. The highest BCUT2D eigenvalue weighted by atomic mass is 16.5. The minimum absolute atomic E-state index is 0.0125. The molecule has 4 aromatic carbocycles. The second kappa shape index (κ2) is 13.1. The third-order valence-corrected chi connectivity index (χ3v) is 5.46. The van der Waals surface area contributed by atoms with Gasteiger partial charge in [0.2, 0.25) is 11.8 Å². The quantitative estimate of drug-likeness (QED) is 0.310. The van der Waals surface area contributed by atoms with Gasteiger partial charge in [0.1, 0.15) is 25.4 Å². The van der Waals surface area contributed by atoms with E-state index in [2.05, 4.69) is 10.6 Å². The Labute approximate surface area is 218 Å². The van der Waals surface area contributed by atoms with Crippen LogP contribution in [0.25, 0.3) is 0 Å². The molecule has 0 aliphatic rings. The van der Waals surface area contributed by atoms with Crippen LogP contribution in [0.2, 0.25) is 0 Å². The van der Waals surface area contributed by atoms with Gasteiger partial charge >= 0.3 is 0 Å². The van der Waals surface area contributed by atoms with E-state index in [-0.39, 0.29) is 24.8 Å². The molecule has 4 rings (SSSR count). The number of rotatable bonds is 11. The molecule has 0 spiro atoms. The Morgan fingerprint density at radius 1 is 0.757 bits per heavy atom.